The van der Waals surface area contributed by atoms with Crippen molar-refractivity contribution in [3.05, 3.63) is 23.8 Å². The van der Waals surface area contributed by atoms with E-state index in [1.165, 1.54) is 7.11 Å². The van der Waals surface area contributed by atoms with E-state index >= 15 is 0 Å². The fourth-order valence-corrected chi connectivity index (χ4v) is 1.65. The maximum absolute atomic E-state index is 9.30. The van der Waals surface area contributed by atoms with Crippen LogP contribution in [0.25, 0.3) is 0 Å². The highest BCUT2D eigenvalue weighted by Crippen LogP contribution is 2.13. The molecule has 0 radical (unpaired) electrons. The second-order valence-electron chi connectivity index (χ2n) is 4.39. The van der Waals surface area contributed by atoms with Gasteiger partial charge in [0.25, 0.3) is 0 Å². The maximum Gasteiger partial charge on any atom is 0.492 e. The highest BCUT2D eigenvalue weighted by Gasteiger charge is 2.18. The fourth-order valence-electron chi connectivity index (χ4n) is 1.65. The summed E-state index contributed by atoms with van der Waals surface area (Å²) in [4.78, 5) is 0. The van der Waals surface area contributed by atoms with Gasteiger partial charge in [-0.25, -0.2) is 0 Å². The lowest BCUT2D eigenvalue weighted by molar-refractivity contribution is 0.0517. The highest BCUT2D eigenvalue weighted by molar-refractivity contribution is 6.59. The van der Waals surface area contributed by atoms with Gasteiger partial charge in [-0.2, -0.15) is 0 Å². The topological polar surface area (TPSA) is 58.9 Å². The highest BCUT2D eigenvalue weighted by atomic mass is 16.7. The largest absolute Gasteiger partial charge is 0.492 e. The summed E-state index contributed by atoms with van der Waals surface area (Å²) in [5.74, 6) is 0.957. The molecule has 0 aliphatic carbocycles. The molecule has 5 heteroatoms. The third-order valence-electron chi connectivity index (χ3n) is 2.33. The van der Waals surface area contributed by atoms with E-state index in [1.54, 1.807) is 12.1 Å². The van der Waals surface area contributed by atoms with E-state index in [1.807, 2.05) is 6.07 Å². The molecule has 0 bridgehead atoms. The number of methoxy groups -OCH3 is 1. The Morgan fingerprint density at radius 3 is 2.53 bits per heavy atom. The van der Waals surface area contributed by atoms with Crippen LogP contribution in [0.2, 0.25) is 0 Å². The Morgan fingerprint density at radius 2 is 2.00 bits per heavy atom. The fraction of sp³-hybridized carbons (Fsp3) is 0.500. The average Bonchev–Trinajstić information content (AvgIpc) is 2.26. The van der Waals surface area contributed by atoms with E-state index in [0.717, 1.165) is 12.0 Å². The summed E-state index contributed by atoms with van der Waals surface area (Å²) in [6.07, 6.45) is 0.893. The molecule has 94 valence electrons. The number of benzene rings is 1. The van der Waals surface area contributed by atoms with Gasteiger partial charge in [-0.05, 0) is 24.0 Å². The van der Waals surface area contributed by atoms with Crippen molar-refractivity contribution < 1.29 is 19.5 Å². The smallest absolute Gasteiger partial charge is 0.468 e. The van der Waals surface area contributed by atoms with E-state index < -0.39 is 7.12 Å². The van der Waals surface area contributed by atoms with Crippen molar-refractivity contribution >= 4 is 12.6 Å². The normalized spacial score (nSPS) is 10.7. The van der Waals surface area contributed by atoms with Gasteiger partial charge in [-0.3, -0.25) is 0 Å². The minimum atomic E-state index is -1.53. The summed E-state index contributed by atoms with van der Waals surface area (Å²) in [6, 6.07) is 5.43. The van der Waals surface area contributed by atoms with Gasteiger partial charge < -0.3 is 19.5 Å². The van der Waals surface area contributed by atoms with E-state index in [0.29, 0.717) is 17.1 Å². The molecule has 0 saturated heterocycles. The molecule has 0 fully saturated rings. The van der Waals surface area contributed by atoms with E-state index in [-0.39, 0.29) is 6.79 Å². The molecule has 0 aromatic heterocycles. The Morgan fingerprint density at radius 1 is 1.29 bits per heavy atom. The molecule has 0 heterocycles. The van der Waals surface area contributed by atoms with Gasteiger partial charge in [0.2, 0.25) is 0 Å². The Balaban J connectivity index is 2.91. The standard InChI is InChI=1S/C12H19BO4/c1-9(2)6-10-4-5-12(17-8-16-3)11(7-10)13(14)15/h4-5,7,9,14-15H,6,8H2,1-3H3. The van der Waals surface area contributed by atoms with E-state index in [2.05, 4.69) is 13.8 Å². The first-order valence-electron chi connectivity index (χ1n) is 5.65. The molecular weight excluding hydrogens is 219 g/mol. The quantitative estimate of drug-likeness (QED) is 0.561. The second-order valence-corrected chi connectivity index (χ2v) is 4.39. The van der Waals surface area contributed by atoms with Crippen LogP contribution in [0.15, 0.2) is 18.2 Å². The lowest BCUT2D eigenvalue weighted by Gasteiger charge is -2.13. The van der Waals surface area contributed by atoms with Crippen molar-refractivity contribution in [2.75, 3.05) is 13.9 Å². The van der Waals surface area contributed by atoms with Crippen molar-refractivity contribution in [3.8, 4) is 5.75 Å². The summed E-state index contributed by atoms with van der Waals surface area (Å²) in [6.45, 7) is 4.32. The second kappa shape index (κ2) is 6.64. The number of hydrogen-bond donors (Lipinski definition) is 2. The first kappa shape index (κ1) is 14.0. The minimum absolute atomic E-state index is 0.0866. The van der Waals surface area contributed by atoms with Crippen LogP contribution in [0.1, 0.15) is 19.4 Å². The zero-order valence-corrected chi connectivity index (χ0v) is 10.5. The molecule has 17 heavy (non-hydrogen) atoms. The third-order valence-corrected chi connectivity index (χ3v) is 2.33. The van der Waals surface area contributed by atoms with Crippen LogP contribution < -0.4 is 10.2 Å². The van der Waals surface area contributed by atoms with Crippen LogP contribution in [0.5, 0.6) is 5.75 Å². The Kier molecular flexibility index (Phi) is 5.48. The van der Waals surface area contributed by atoms with Gasteiger partial charge in [0.15, 0.2) is 6.79 Å². The van der Waals surface area contributed by atoms with Crippen molar-refractivity contribution in [3.63, 3.8) is 0 Å². The van der Waals surface area contributed by atoms with Gasteiger partial charge in [0.1, 0.15) is 5.75 Å². The number of hydrogen-bond acceptors (Lipinski definition) is 4. The molecule has 0 unspecified atom stereocenters. The van der Waals surface area contributed by atoms with Gasteiger partial charge in [-0.15, -0.1) is 0 Å². The van der Waals surface area contributed by atoms with Crippen LogP contribution in [0.4, 0.5) is 0 Å². The molecule has 0 amide bonds. The van der Waals surface area contributed by atoms with E-state index in [4.69, 9.17) is 9.47 Å². The molecule has 0 spiro atoms. The number of ether oxygens (including phenoxy) is 2. The monoisotopic (exact) mass is 238 g/mol. The Hall–Kier alpha value is -1.04. The van der Waals surface area contributed by atoms with Crippen molar-refractivity contribution in [1.29, 1.82) is 0 Å². The predicted molar refractivity (Wildman–Crippen MR) is 67.3 cm³/mol. The minimum Gasteiger partial charge on any atom is -0.468 e. The lowest BCUT2D eigenvalue weighted by atomic mass is 9.78. The molecule has 0 atom stereocenters. The molecule has 2 N–H and O–H groups in total. The van der Waals surface area contributed by atoms with Gasteiger partial charge in [0.05, 0.1) is 0 Å². The maximum atomic E-state index is 9.30. The molecule has 1 rings (SSSR count). The predicted octanol–water partition coefficient (Wildman–Crippen LogP) is 0.548. The molecule has 0 aliphatic heterocycles. The third kappa shape index (κ3) is 4.38. The first-order chi connectivity index (χ1) is 8.04. The molecular formula is C12H19BO4. The van der Waals surface area contributed by atoms with Gasteiger partial charge >= 0.3 is 7.12 Å². The first-order valence-corrected chi connectivity index (χ1v) is 5.65. The summed E-state index contributed by atoms with van der Waals surface area (Å²) in [5.41, 5.74) is 1.44. The summed E-state index contributed by atoms with van der Waals surface area (Å²) < 4.78 is 10.1. The van der Waals surface area contributed by atoms with Gasteiger partial charge in [0, 0.05) is 12.6 Å². The Labute approximate surface area is 102 Å². The van der Waals surface area contributed by atoms with Crippen LogP contribution in [-0.4, -0.2) is 31.1 Å². The zero-order chi connectivity index (χ0) is 12.8. The molecule has 1 aromatic rings. The van der Waals surface area contributed by atoms with E-state index in [9.17, 15) is 10.0 Å². The molecule has 0 aliphatic rings. The lowest BCUT2D eigenvalue weighted by Crippen LogP contribution is -2.32. The molecule has 1 aromatic carbocycles. The van der Waals surface area contributed by atoms with Crippen molar-refractivity contribution in [1.82, 2.24) is 0 Å². The zero-order valence-electron chi connectivity index (χ0n) is 10.5. The van der Waals surface area contributed by atoms with Crippen LogP contribution in [0, 0.1) is 5.92 Å². The average molecular weight is 238 g/mol. The van der Waals surface area contributed by atoms with Crippen LogP contribution >= 0.6 is 0 Å². The molecule has 4 nitrogen and oxygen atoms in total. The molecule has 0 saturated carbocycles. The number of rotatable bonds is 6. The van der Waals surface area contributed by atoms with Crippen molar-refractivity contribution in [2.24, 2.45) is 5.92 Å². The summed E-state index contributed by atoms with van der Waals surface area (Å²) in [5, 5.41) is 18.6. The van der Waals surface area contributed by atoms with Gasteiger partial charge in [-0.1, -0.05) is 26.0 Å². The summed E-state index contributed by atoms with van der Waals surface area (Å²) in [7, 11) is -0.0173. The summed E-state index contributed by atoms with van der Waals surface area (Å²) >= 11 is 0. The Bertz CT molecular complexity index is 352. The van der Waals surface area contributed by atoms with Crippen LogP contribution in [0.3, 0.4) is 0 Å². The van der Waals surface area contributed by atoms with Crippen LogP contribution in [-0.2, 0) is 11.2 Å². The van der Waals surface area contributed by atoms with Crippen molar-refractivity contribution in [2.45, 2.75) is 20.3 Å². The SMILES string of the molecule is COCOc1ccc(CC(C)C)cc1B(O)O.